The summed E-state index contributed by atoms with van der Waals surface area (Å²) in [6.07, 6.45) is 12.3. The van der Waals surface area contributed by atoms with E-state index in [-0.39, 0.29) is 0 Å². The van der Waals surface area contributed by atoms with Gasteiger partial charge in [-0.15, -0.1) is 11.6 Å². The summed E-state index contributed by atoms with van der Waals surface area (Å²) >= 11 is 7.50. The first-order valence-corrected chi connectivity index (χ1v) is 12.6. The summed E-state index contributed by atoms with van der Waals surface area (Å²) in [6.45, 7) is 0. The van der Waals surface area contributed by atoms with Crippen LogP contribution in [0, 0.1) is 0 Å². The van der Waals surface area contributed by atoms with Crippen molar-refractivity contribution in [2.75, 3.05) is 7.11 Å². The van der Waals surface area contributed by atoms with Gasteiger partial charge in [-0.3, -0.25) is 0 Å². The van der Waals surface area contributed by atoms with Crippen molar-refractivity contribution in [2.45, 2.75) is 68.6 Å². The van der Waals surface area contributed by atoms with Crippen LogP contribution >= 0.6 is 11.6 Å². The molecule has 1 nitrogen and oxygen atoms in total. The lowest BCUT2D eigenvalue weighted by Crippen LogP contribution is -2.22. The molecule has 1 unspecified atom stereocenters. The van der Waals surface area contributed by atoms with Gasteiger partial charge in [-0.25, -0.2) is 0 Å². The van der Waals surface area contributed by atoms with E-state index in [0.29, 0.717) is 5.92 Å². The smallest absolute Gasteiger partial charge is 0.119 e. The van der Waals surface area contributed by atoms with E-state index in [2.05, 4.69) is 60.7 Å². The van der Waals surface area contributed by atoms with E-state index in [1.807, 2.05) is 18.2 Å². The predicted octanol–water partition coefficient (Wildman–Crippen LogP) is 8.83. The highest BCUT2D eigenvalue weighted by Gasteiger charge is 2.34. The molecule has 0 aromatic heterocycles. The van der Waals surface area contributed by atoms with E-state index < -0.39 is 4.87 Å². The minimum Gasteiger partial charge on any atom is -0.497 e. The Labute approximate surface area is 198 Å². The van der Waals surface area contributed by atoms with Gasteiger partial charge in [-0.1, -0.05) is 112 Å². The molecule has 168 valence electrons. The summed E-state index contributed by atoms with van der Waals surface area (Å²) in [4.78, 5) is -0.734. The highest BCUT2D eigenvalue weighted by Crippen LogP contribution is 2.44. The molecule has 0 spiro atoms. The fourth-order valence-corrected chi connectivity index (χ4v) is 5.49. The van der Waals surface area contributed by atoms with Crippen molar-refractivity contribution in [3.8, 4) is 5.75 Å². The quantitative estimate of drug-likeness (QED) is 0.281. The van der Waals surface area contributed by atoms with Gasteiger partial charge < -0.3 is 4.74 Å². The van der Waals surface area contributed by atoms with Crippen molar-refractivity contribution < 1.29 is 4.74 Å². The second-order valence-electron chi connectivity index (χ2n) is 9.12. The van der Waals surface area contributed by atoms with Crippen molar-refractivity contribution in [3.63, 3.8) is 0 Å². The number of hydrogen-bond donors (Lipinski definition) is 0. The standard InChI is InChI=1S/C30H35ClO/c1-32-29-22-20-28(21-23-29)30(31,26-14-10-7-11-15-26)27-18-16-25(17-19-27)24-12-8-5-3-2-4-6-9-13-24/h7,10-11,14-24H,2-6,8-9,12-13H2,1H3. The Bertz CT molecular complexity index is 938. The van der Waals surface area contributed by atoms with Crippen molar-refractivity contribution >= 4 is 11.6 Å². The maximum Gasteiger partial charge on any atom is 0.119 e. The predicted molar refractivity (Wildman–Crippen MR) is 136 cm³/mol. The van der Waals surface area contributed by atoms with Gasteiger partial charge in [0.05, 0.1) is 7.11 Å². The van der Waals surface area contributed by atoms with E-state index >= 15 is 0 Å². The number of benzene rings is 3. The largest absolute Gasteiger partial charge is 0.497 e. The number of hydrogen-bond acceptors (Lipinski definition) is 1. The zero-order chi connectivity index (χ0) is 22.2. The van der Waals surface area contributed by atoms with Gasteiger partial charge >= 0.3 is 0 Å². The van der Waals surface area contributed by atoms with Crippen LogP contribution in [0.5, 0.6) is 5.75 Å². The Balaban J connectivity index is 1.65. The molecule has 0 saturated heterocycles. The van der Waals surface area contributed by atoms with Gasteiger partial charge in [0, 0.05) is 0 Å². The van der Waals surface area contributed by atoms with Gasteiger partial charge in [0.25, 0.3) is 0 Å². The highest BCUT2D eigenvalue weighted by atomic mass is 35.5. The lowest BCUT2D eigenvalue weighted by Gasteiger charge is -2.30. The molecule has 0 amide bonds. The molecular formula is C30H35ClO. The Morgan fingerprint density at radius 2 is 1.09 bits per heavy atom. The van der Waals surface area contributed by atoms with E-state index in [9.17, 15) is 0 Å². The minimum absolute atomic E-state index is 0.671. The summed E-state index contributed by atoms with van der Waals surface area (Å²) in [7, 11) is 1.69. The highest BCUT2D eigenvalue weighted by molar-refractivity contribution is 6.28. The Morgan fingerprint density at radius 1 is 0.625 bits per heavy atom. The maximum atomic E-state index is 7.50. The van der Waals surface area contributed by atoms with Crippen LogP contribution in [0.4, 0.5) is 0 Å². The first-order valence-electron chi connectivity index (χ1n) is 12.2. The summed E-state index contributed by atoms with van der Waals surface area (Å²) in [5.41, 5.74) is 4.71. The summed E-state index contributed by atoms with van der Waals surface area (Å²) in [5.74, 6) is 1.51. The zero-order valence-corrected chi connectivity index (χ0v) is 20.0. The second-order valence-corrected chi connectivity index (χ2v) is 9.69. The molecule has 0 aliphatic heterocycles. The zero-order valence-electron chi connectivity index (χ0n) is 19.2. The van der Waals surface area contributed by atoms with E-state index in [1.54, 1.807) is 7.11 Å². The topological polar surface area (TPSA) is 9.23 Å². The van der Waals surface area contributed by atoms with Crippen molar-refractivity contribution in [1.29, 1.82) is 0 Å². The molecule has 1 saturated carbocycles. The number of rotatable bonds is 5. The summed E-state index contributed by atoms with van der Waals surface area (Å²) < 4.78 is 5.37. The molecule has 0 radical (unpaired) electrons. The van der Waals surface area contributed by atoms with Crippen LogP contribution in [0.25, 0.3) is 0 Å². The number of alkyl halides is 1. The van der Waals surface area contributed by atoms with Crippen LogP contribution in [0.2, 0.25) is 0 Å². The summed E-state index contributed by atoms with van der Waals surface area (Å²) in [5, 5.41) is 0. The molecule has 1 aliphatic carbocycles. The number of methoxy groups -OCH3 is 1. The average molecular weight is 447 g/mol. The third-order valence-electron chi connectivity index (χ3n) is 7.04. The van der Waals surface area contributed by atoms with Gasteiger partial charge in [-0.05, 0) is 53.1 Å². The Kier molecular flexibility index (Phi) is 7.92. The van der Waals surface area contributed by atoms with Crippen molar-refractivity contribution in [3.05, 3.63) is 101 Å². The molecule has 1 atom stereocenters. The average Bonchev–Trinajstić information content (AvgIpc) is 2.87. The van der Waals surface area contributed by atoms with Crippen LogP contribution in [-0.2, 0) is 4.87 Å². The monoisotopic (exact) mass is 446 g/mol. The first kappa shape index (κ1) is 22.9. The van der Waals surface area contributed by atoms with Crippen molar-refractivity contribution in [2.24, 2.45) is 0 Å². The third kappa shape index (κ3) is 5.21. The summed E-state index contributed by atoms with van der Waals surface area (Å²) in [6, 6.07) is 27.7. The molecule has 0 heterocycles. The van der Waals surface area contributed by atoms with Gasteiger partial charge in [-0.2, -0.15) is 0 Å². The Morgan fingerprint density at radius 3 is 1.62 bits per heavy atom. The molecule has 4 rings (SSSR count). The second kappa shape index (κ2) is 11.1. The molecule has 0 bridgehead atoms. The lowest BCUT2D eigenvalue weighted by atomic mass is 9.82. The number of halogens is 1. The molecular weight excluding hydrogens is 412 g/mol. The van der Waals surface area contributed by atoms with Gasteiger partial charge in [0.15, 0.2) is 0 Å². The Hall–Kier alpha value is -2.25. The SMILES string of the molecule is COc1ccc(C(Cl)(c2ccccc2)c2ccc(C3CCCCCCCCC3)cc2)cc1. The van der Waals surface area contributed by atoms with Crippen LogP contribution in [0.15, 0.2) is 78.9 Å². The molecule has 1 aliphatic rings. The fourth-order valence-electron chi connectivity index (χ4n) is 5.12. The lowest BCUT2D eigenvalue weighted by molar-refractivity contribution is 0.414. The third-order valence-corrected chi connectivity index (χ3v) is 7.70. The molecule has 32 heavy (non-hydrogen) atoms. The van der Waals surface area contributed by atoms with E-state index in [4.69, 9.17) is 16.3 Å². The molecule has 0 N–H and O–H groups in total. The van der Waals surface area contributed by atoms with E-state index in [1.165, 1.54) is 63.4 Å². The van der Waals surface area contributed by atoms with Gasteiger partial charge in [0.2, 0.25) is 0 Å². The first-order chi connectivity index (χ1) is 15.7. The molecule has 2 heteroatoms. The van der Waals surface area contributed by atoms with Crippen LogP contribution in [0.3, 0.4) is 0 Å². The molecule has 3 aromatic rings. The maximum absolute atomic E-state index is 7.50. The fraction of sp³-hybridized carbons (Fsp3) is 0.400. The molecule has 1 fully saturated rings. The van der Waals surface area contributed by atoms with Crippen LogP contribution < -0.4 is 4.74 Å². The normalized spacial score (nSPS) is 17.9. The van der Waals surface area contributed by atoms with Crippen LogP contribution in [-0.4, -0.2) is 7.11 Å². The number of ether oxygens (including phenoxy) is 1. The van der Waals surface area contributed by atoms with Gasteiger partial charge in [0.1, 0.15) is 10.6 Å². The molecule has 3 aromatic carbocycles. The minimum atomic E-state index is -0.734. The van der Waals surface area contributed by atoms with Crippen LogP contribution in [0.1, 0.15) is 86.0 Å². The van der Waals surface area contributed by atoms with E-state index in [0.717, 1.165) is 22.4 Å². The van der Waals surface area contributed by atoms with Crippen molar-refractivity contribution in [1.82, 2.24) is 0 Å².